The zero-order valence-corrected chi connectivity index (χ0v) is 25.6. The number of carboxylic acid groups (broad SMARTS) is 1. The molecule has 3 heterocycles. The summed E-state index contributed by atoms with van der Waals surface area (Å²) >= 11 is 0. The molecule has 1 atom stereocenters. The van der Waals surface area contributed by atoms with Gasteiger partial charge < -0.3 is 19.5 Å². The Labute approximate surface area is 250 Å². The second-order valence-corrected chi connectivity index (χ2v) is 12.1. The summed E-state index contributed by atoms with van der Waals surface area (Å²) in [6.07, 6.45) is -0.0940. The minimum atomic E-state index is -1.44. The normalized spacial score (nSPS) is 13.9. The molecular weight excluding hydrogens is 551 g/mol. The maximum Gasteiger partial charge on any atom is 0.337 e. The van der Waals surface area contributed by atoms with Crippen LogP contribution in [-0.2, 0) is 22.5 Å². The lowest BCUT2D eigenvalue weighted by atomic mass is 9.91. The molecule has 0 spiro atoms. The first-order valence-corrected chi connectivity index (χ1v) is 14.3. The summed E-state index contributed by atoms with van der Waals surface area (Å²) < 4.78 is 28.7. The van der Waals surface area contributed by atoms with Gasteiger partial charge in [0.2, 0.25) is 0 Å². The molecule has 1 aliphatic heterocycles. The number of aliphatic carboxylic acids is 1. The first kappa shape index (κ1) is 30.2. The topological polar surface area (TPSA) is 106 Å². The Hall–Kier alpha value is -4.31. The number of halogens is 1. The standard InChI is InChI=1S/C33H37FN4O5/c1-18-10-8-11-21(14-18)17-37(7)31(39)25-16-26-35-20(3)27(30(32(40)41)43-33(4,5)6)28(38(26)36-25)23-15-24(34)29-22(19(23)2)12-9-13-42-29/h8,10-11,14-16,30H,9,12-13,17H2,1-7H3,(H,40,41). The number of amides is 1. The van der Waals surface area contributed by atoms with Crippen LogP contribution in [0.25, 0.3) is 16.9 Å². The van der Waals surface area contributed by atoms with Crippen molar-refractivity contribution in [3.05, 3.63) is 81.4 Å². The lowest BCUT2D eigenvalue weighted by molar-refractivity contribution is -0.160. The fraction of sp³-hybridized carbons (Fsp3) is 0.394. The molecule has 9 nitrogen and oxygen atoms in total. The molecular formula is C33H37FN4O5. The van der Waals surface area contributed by atoms with E-state index in [9.17, 15) is 14.7 Å². The summed E-state index contributed by atoms with van der Waals surface area (Å²) in [5.41, 5.74) is 4.52. The Balaban J connectivity index is 1.73. The number of carboxylic acids is 1. The highest BCUT2D eigenvalue weighted by molar-refractivity contribution is 5.93. The van der Waals surface area contributed by atoms with Gasteiger partial charge in [-0.05, 0) is 71.6 Å². The minimum absolute atomic E-state index is 0.128. The van der Waals surface area contributed by atoms with Crippen molar-refractivity contribution in [1.82, 2.24) is 19.5 Å². The number of aromatic nitrogens is 3. The molecule has 0 saturated carbocycles. The van der Waals surface area contributed by atoms with Gasteiger partial charge in [0.1, 0.15) is 0 Å². The van der Waals surface area contributed by atoms with E-state index >= 15 is 4.39 Å². The van der Waals surface area contributed by atoms with E-state index in [1.54, 1.807) is 45.7 Å². The van der Waals surface area contributed by atoms with E-state index < -0.39 is 23.5 Å². The van der Waals surface area contributed by atoms with Gasteiger partial charge in [-0.3, -0.25) is 4.79 Å². The highest BCUT2D eigenvalue weighted by atomic mass is 19.1. The molecule has 226 valence electrons. The van der Waals surface area contributed by atoms with Crippen LogP contribution in [-0.4, -0.2) is 55.7 Å². The number of ether oxygens (including phenoxy) is 2. The molecule has 0 aliphatic carbocycles. The first-order chi connectivity index (χ1) is 20.2. The molecule has 0 bridgehead atoms. The zero-order chi connectivity index (χ0) is 31.2. The number of nitrogens with zero attached hydrogens (tertiary/aromatic N) is 4. The maximum atomic E-state index is 15.6. The third kappa shape index (κ3) is 5.97. The largest absolute Gasteiger partial charge is 0.490 e. The van der Waals surface area contributed by atoms with Crippen LogP contribution in [0.2, 0.25) is 0 Å². The molecule has 10 heteroatoms. The van der Waals surface area contributed by atoms with E-state index in [0.717, 1.165) is 28.7 Å². The Kier molecular flexibility index (Phi) is 8.00. The van der Waals surface area contributed by atoms with E-state index in [-0.39, 0.29) is 22.9 Å². The van der Waals surface area contributed by atoms with Crippen molar-refractivity contribution in [3.63, 3.8) is 0 Å². The zero-order valence-electron chi connectivity index (χ0n) is 25.6. The summed E-state index contributed by atoms with van der Waals surface area (Å²) in [6, 6.07) is 10.8. The lowest BCUT2D eigenvalue weighted by Gasteiger charge is -2.28. The second kappa shape index (κ2) is 11.4. The van der Waals surface area contributed by atoms with Crippen molar-refractivity contribution < 1.29 is 28.6 Å². The third-order valence-corrected chi connectivity index (χ3v) is 7.55. The van der Waals surface area contributed by atoms with Gasteiger partial charge in [-0.1, -0.05) is 29.8 Å². The Morgan fingerprint density at radius 2 is 1.93 bits per heavy atom. The summed E-state index contributed by atoms with van der Waals surface area (Å²) in [5, 5.41) is 15.0. The molecule has 5 rings (SSSR count). The van der Waals surface area contributed by atoms with Crippen molar-refractivity contribution in [2.45, 2.75) is 72.6 Å². The molecule has 4 aromatic rings. The van der Waals surface area contributed by atoms with Crippen molar-refractivity contribution in [2.75, 3.05) is 13.7 Å². The predicted octanol–water partition coefficient (Wildman–Crippen LogP) is 6.00. The van der Waals surface area contributed by atoms with Crippen molar-refractivity contribution in [1.29, 1.82) is 0 Å². The van der Waals surface area contributed by atoms with E-state index in [4.69, 9.17) is 9.47 Å². The number of rotatable bonds is 7. The average molecular weight is 589 g/mol. The van der Waals surface area contributed by atoms with E-state index in [1.807, 2.05) is 38.1 Å². The molecule has 0 saturated heterocycles. The van der Waals surface area contributed by atoms with E-state index in [2.05, 4.69) is 10.1 Å². The molecule has 1 N–H and O–H groups in total. The summed E-state index contributed by atoms with van der Waals surface area (Å²) in [4.78, 5) is 32.5. The average Bonchev–Trinajstić information content (AvgIpc) is 3.36. The molecule has 2 aromatic heterocycles. The van der Waals surface area contributed by atoms with Gasteiger partial charge in [-0.25, -0.2) is 18.7 Å². The molecule has 0 fully saturated rings. The van der Waals surface area contributed by atoms with Gasteiger partial charge in [0, 0.05) is 42.0 Å². The number of carbonyl (C=O) groups excluding carboxylic acids is 1. The monoisotopic (exact) mass is 588 g/mol. The van der Waals surface area contributed by atoms with Gasteiger partial charge in [0.15, 0.2) is 29.0 Å². The number of fused-ring (bicyclic) bond motifs is 2. The van der Waals surface area contributed by atoms with Gasteiger partial charge in [0.25, 0.3) is 5.91 Å². The fourth-order valence-electron chi connectivity index (χ4n) is 5.65. The highest BCUT2D eigenvalue weighted by Gasteiger charge is 2.35. The van der Waals surface area contributed by atoms with Crippen LogP contribution in [0.1, 0.15) is 77.3 Å². The van der Waals surface area contributed by atoms with Gasteiger partial charge in [-0.2, -0.15) is 5.10 Å². The van der Waals surface area contributed by atoms with Crippen LogP contribution in [0, 0.1) is 26.6 Å². The SMILES string of the molecule is Cc1cccc(CN(C)C(=O)c2cc3nc(C)c(C(OC(C)(C)C)C(=O)O)c(-c4cc(F)c5c(c4C)CCCO5)n3n2)c1. The number of aryl methyl sites for hydroxylation is 2. The maximum absolute atomic E-state index is 15.6. The van der Waals surface area contributed by atoms with Crippen LogP contribution in [0.5, 0.6) is 5.75 Å². The van der Waals surface area contributed by atoms with Crippen LogP contribution in [0.4, 0.5) is 4.39 Å². The van der Waals surface area contributed by atoms with Crippen molar-refractivity contribution in [3.8, 4) is 17.0 Å². The summed E-state index contributed by atoms with van der Waals surface area (Å²) in [7, 11) is 1.69. The number of hydrogen-bond acceptors (Lipinski definition) is 6. The number of carbonyl (C=O) groups is 2. The quantitative estimate of drug-likeness (QED) is 0.282. The Morgan fingerprint density at radius 3 is 2.60 bits per heavy atom. The highest BCUT2D eigenvalue weighted by Crippen LogP contribution is 2.41. The van der Waals surface area contributed by atoms with Gasteiger partial charge >= 0.3 is 5.97 Å². The second-order valence-electron chi connectivity index (χ2n) is 12.1. The lowest BCUT2D eigenvalue weighted by Crippen LogP contribution is -2.29. The third-order valence-electron chi connectivity index (χ3n) is 7.55. The predicted molar refractivity (Wildman–Crippen MR) is 160 cm³/mol. The van der Waals surface area contributed by atoms with Crippen LogP contribution >= 0.6 is 0 Å². The summed E-state index contributed by atoms with van der Waals surface area (Å²) in [6.45, 7) is 11.6. The summed E-state index contributed by atoms with van der Waals surface area (Å²) in [5.74, 6) is -1.89. The van der Waals surface area contributed by atoms with Crippen LogP contribution < -0.4 is 4.74 Å². The number of benzene rings is 2. The van der Waals surface area contributed by atoms with E-state index in [0.29, 0.717) is 42.2 Å². The minimum Gasteiger partial charge on any atom is -0.490 e. The number of hydrogen-bond donors (Lipinski definition) is 1. The fourth-order valence-corrected chi connectivity index (χ4v) is 5.65. The van der Waals surface area contributed by atoms with Crippen molar-refractivity contribution >= 4 is 17.5 Å². The van der Waals surface area contributed by atoms with E-state index in [1.165, 1.54) is 10.6 Å². The van der Waals surface area contributed by atoms with Crippen LogP contribution in [0.3, 0.4) is 0 Å². The first-order valence-electron chi connectivity index (χ1n) is 14.3. The molecule has 43 heavy (non-hydrogen) atoms. The molecule has 0 radical (unpaired) electrons. The van der Waals surface area contributed by atoms with Crippen molar-refractivity contribution in [2.24, 2.45) is 0 Å². The molecule has 1 aliphatic rings. The smallest absolute Gasteiger partial charge is 0.337 e. The van der Waals surface area contributed by atoms with Gasteiger partial charge in [0.05, 0.1) is 17.9 Å². The van der Waals surface area contributed by atoms with Crippen LogP contribution in [0.15, 0.2) is 36.4 Å². The Bertz CT molecular complexity index is 1740. The molecule has 1 unspecified atom stereocenters. The molecule has 1 amide bonds. The molecule has 2 aromatic carbocycles. The Morgan fingerprint density at radius 1 is 1.19 bits per heavy atom. The van der Waals surface area contributed by atoms with Gasteiger partial charge in [-0.15, -0.1) is 0 Å².